The van der Waals surface area contributed by atoms with Crippen LogP contribution in [0.5, 0.6) is 0 Å². The molecule has 0 spiro atoms. The third-order valence-corrected chi connectivity index (χ3v) is 6.74. The Bertz CT molecular complexity index is 1710. The van der Waals surface area contributed by atoms with Crippen LogP contribution >= 0.6 is 0 Å². The zero-order valence-corrected chi connectivity index (χ0v) is 19.9. The smallest absolute Gasteiger partial charge is 0.239 e. The van der Waals surface area contributed by atoms with Gasteiger partial charge in [-0.05, 0) is 28.1 Å². The lowest BCUT2D eigenvalue weighted by atomic mass is 9.93. The number of primary sulfonamides is 1. The molecular weight excluding hydrogens is 470 g/mol. The fourth-order valence-corrected chi connectivity index (χ4v) is 4.72. The minimum Gasteiger partial charge on any atom is -0.365 e. The number of aromatic nitrogens is 2. The fourth-order valence-electron chi connectivity index (χ4n) is 4.22. The molecule has 0 radical (unpaired) electrons. The van der Waals surface area contributed by atoms with E-state index in [1.54, 1.807) is 0 Å². The fraction of sp³-hybridized carbons (Fsp3) is 0.0357. The maximum Gasteiger partial charge on any atom is 0.239 e. The number of hydrogen-bond acceptors (Lipinski definition) is 6. The van der Waals surface area contributed by atoms with Crippen molar-refractivity contribution in [3.63, 3.8) is 0 Å². The van der Waals surface area contributed by atoms with Crippen LogP contribution in [0.2, 0.25) is 0 Å². The van der Waals surface area contributed by atoms with E-state index in [0.717, 1.165) is 27.5 Å². The third-order valence-electron chi connectivity index (χ3n) is 5.85. The number of fused-ring (bicyclic) bond motifs is 1. The molecule has 0 unspecified atom stereocenters. The molecule has 0 fully saturated rings. The second-order valence-electron chi connectivity index (χ2n) is 8.18. The Balaban J connectivity index is 1.79. The van der Waals surface area contributed by atoms with E-state index in [9.17, 15) is 13.7 Å². The lowest BCUT2D eigenvalue weighted by Crippen LogP contribution is -2.12. The summed E-state index contributed by atoms with van der Waals surface area (Å²) >= 11 is 0. The van der Waals surface area contributed by atoms with Crippen molar-refractivity contribution in [3.8, 4) is 28.3 Å². The van der Waals surface area contributed by atoms with Crippen LogP contribution in [0.15, 0.2) is 102 Å². The van der Waals surface area contributed by atoms with Crippen LogP contribution in [0.3, 0.4) is 0 Å². The highest BCUT2D eigenvalue weighted by atomic mass is 32.2. The van der Waals surface area contributed by atoms with E-state index < -0.39 is 10.0 Å². The van der Waals surface area contributed by atoms with Crippen molar-refractivity contribution in [3.05, 3.63) is 109 Å². The molecule has 0 aliphatic heterocycles. The van der Waals surface area contributed by atoms with E-state index in [0.29, 0.717) is 23.5 Å². The number of hydrogen-bond donors (Lipinski definition) is 2. The van der Waals surface area contributed by atoms with Crippen molar-refractivity contribution < 1.29 is 8.42 Å². The average Bonchev–Trinajstić information content (AvgIpc) is 2.91. The summed E-state index contributed by atoms with van der Waals surface area (Å²) in [6.45, 7) is 0.513. The number of nitriles is 1. The molecule has 5 aromatic rings. The van der Waals surface area contributed by atoms with Crippen LogP contribution in [-0.4, -0.2) is 18.4 Å². The quantitative estimate of drug-likeness (QED) is 0.341. The molecule has 36 heavy (non-hydrogen) atoms. The van der Waals surface area contributed by atoms with Gasteiger partial charge in [-0.2, -0.15) is 5.26 Å². The summed E-state index contributed by atoms with van der Waals surface area (Å²) < 4.78 is 24.0. The minimum atomic E-state index is -3.98. The SMILES string of the molecule is N#Cc1nc(NCc2ccccc2)c2c(-c3ccccc3)cccc2c1-c1cncc(S(N)(=O)=O)c1. The van der Waals surface area contributed by atoms with Gasteiger partial charge >= 0.3 is 0 Å². The molecule has 5 rings (SSSR count). The van der Waals surface area contributed by atoms with Crippen LogP contribution in [0, 0.1) is 11.3 Å². The number of nitrogens with one attached hydrogen (secondary N) is 1. The Morgan fingerprint density at radius 2 is 1.61 bits per heavy atom. The highest BCUT2D eigenvalue weighted by Crippen LogP contribution is 2.40. The molecule has 0 aliphatic rings. The third kappa shape index (κ3) is 4.53. The molecule has 7 nitrogen and oxygen atoms in total. The largest absolute Gasteiger partial charge is 0.365 e. The van der Waals surface area contributed by atoms with Gasteiger partial charge in [-0.25, -0.2) is 18.5 Å². The van der Waals surface area contributed by atoms with Gasteiger partial charge in [-0.3, -0.25) is 4.98 Å². The van der Waals surface area contributed by atoms with Gasteiger partial charge in [0.2, 0.25) is 10.0 Å². The van der Waals surface area contributed by atoms with Crippen molar-refractivity contribution in [1.82, 2.24) is 9.97 Å². The number of nitrogens with two attached hydrogens (primary N) is 1. The van der Waals surface area contributed by atoms with Gasteiger partial charge in [-0.15, -0.1) is 0 Å². The van der Waals surface area contributed by atoms with E-state index in [2.05, 4.69) is 16.4 Å². The Morgan fingerprint density at radius 1 is 0.889 bits per heavy atom. The number of nitrogens with zero attached hydrogens (tertiary/aromatic N) is 3. The lowest BCUT2D eigenvalue weighted by Gasteiger charge is -2.17. The topological polar surface area (TPSA) is 122 Å². The van der Waals surface area contributed by atoms with Crippen molar-refractivity contribution in [2.24, 2.45) is 5.14 Å². The lowest BCUT2D eigenvalue weighted by molar-refractivity contribution is 0.597. The number of sulfonamides is 1. The van der Waals surface area contributed by atoms with E-state index >= 15 is 0 Å². The number of anilines is 1. The summed E-state index contributed by atoms with van der Waals surface area (Å²) in [7, 11) is -3.98. The summed E-state index contributed by atoms with van der Waals surface area (Å²) in [5.41, 5.74) is 4.06. The van der Waals surface area contributed by atoms with Crippen molar-refractivity contribution >= 4 is 26.6 Å². The van der Waals surface area contributed by atoms with Gasteiger partial charge < -0.3 is 5.32 Å². The van der Waals surface area contributed by atoms with E-state index in [1.807, 2.05) is 78.9 Å². The van der Waals surface area contributed by atoms with Crippen LogP contribution < -0.4 is 10.5 Å². The maximum atomic E-state index is 12.0. The molecular formula is C28H21N5O2S. The molecule has 0 aliphatic carbocycles. The Kier molecular flexibility index (Phi) is 6.17. The second kappa shape index (κ2) is 9.58. The molecule has 176 valence electrons. The summed E-state index contributed by atoms with van der Waals surface area (Å²) in [5.74, 6) is 0.559. The predicted molar refractivity (Wildman–Crippen MR) is 140 cm³/mol. The first-order chi connectivity index (χ1) is 17.5. The molecule has 0 bridgehead atoms. The highest BCUT2D eigenvalue weighted by Gasteiger charge is 2.20. The monoisotopic (exact) mass is 491 g/mol. The molecule has 8 heteroatoms. The first-order valence-corrected chi connectivity index (χ1v) is 12.7. The summed E-state index contributed by atoms with van der Waals surface area (Å²) in [4.78, 5) is 8.65. The zero-order chi connectivity index (χ0) is 25.1. The van der Waals surface area contributed by atoms with Gasteiger partial charge in [0.15, 0.2) is 5.69 Å². The Labute approximate surface area is 208 Å². The van der Waals surface area contributed by atoms with Gasteiger partial charge in [0.05, 0.1) is 0 Å². The standard InChI is InChI=1S/C28H21N5O2S/c29-15-25-26(21-14-22(18-31-17-21)36(30,34)35)24-13-7-12-23(20-10-5-2-6-11-20)27(24)28(33-25)32-16-19-8-3-1-4-9-19/h1-14,17-18H,16H2,(H,32,33)(H2,30,34,35). The molecule has 3 N–H and O–H groups in total. The van der Waals surface area contributed by atoms with Gasteiger partial charge in [-0.1, -0.05) is 78.9 Å². The second-order valence-corrected chi connectivity index (χ2v) is 9.74. The van der Waals surface area contributed by atoms with E-state index in [-0.39, 0.29) is 10.6 Å². The van der Waals surface area contributed by atoms with E-state index in [4.69, 9.17) is 10.1 Å². The normalized spacial score (nSPS) is 11.2. The average molecular weight is 492 g/mol. The Hall–Kier alpha value is -4.58. The first-order valence-electron chi connectivity index (χ1n) is 11.1. The van der Waals surface area contributed by atoms with E-state index in [1.165, 1.54) is 18.5 Å². The summed E-state index contributed by atoms with van der Waals surface area (Å²) in [5, 5.41) is 20.4. The van der Waals surface area contributed by atoms with Crippen molar-refractivity contribution in [1.29, 1.82) is 5.26 Å². The van der Waals surface area contributed by atoms with Gasteiger partial charge in [0, 0.05) is 35.5 Å². The summed E-state index contributed by atoms with van der Waals surface area (Å²) in [6.07, 6.45) is 2.70. The molecule has 0 saturated carbocycles. The summed E-state index contributed by atoms with van der Waals surface area (Å²) in [6, 6.07) is 29.2. The van der Waals surface area contributed by atoms with Crippen LogP contribution in [0.4, 0.5) is 5.82 Å². The van der Waals surface area contributed by atoms with Crippen LogP contribution in [-0.2, 0) is 16.6 Å². The van der Waals surface area contributed by atoms with Crippen molar-refractivity contribution in [2.75, 3.05) is 5.32 Å². The number of rotatable bonds is 6. The minimum absolute atomic E-state index is 0.137. The van der Waals surface area contributed by atoms with Crippen LogP contribution in [0.1, 0.15) is 11.3 Å². The molecule has 0 amide bonds. The van der Waals surface area contributed by atoms with Crippen LogP contribution in [0.25, 0.3) is 33.0 Å². The molecule has 2 aromatic heterocycles. The number of pyridine rings is 2. The van der Waals surface area contributed by atoms with Crippen molar-refractivity contribution in [2.45, 2.75) is 11.4 Å². The molecule has 0 saturated heterocycles. The molecule has 3 aromatic carbocycles. The van der Waals surface area contributed by atoms with Gasteiger partial charge in [0.1, 0.15) is 16.8 Å². The van der Waals surface area contributed by atoms with Gasteiger partial charge in [0.25, 0.3) is 0 Å². The highest BCUT2D eigenvalue weighted by molar-refractivity contribution is 7.89. The molecule has 2 heterocycles. The molecule has 0 atom stereocenters. The predicted octanol–water partition coefficient (Wildman–Crippen LogP) is 5.09. The maximum absolute atomic E-state index is 12.0. The first kappa shape index (κ1) is 23.2. The number of benzene rings is 3. The Morgan fingerprint density at radius 3 is 2.31 bits per heavy atom. The zero-order valence-electron chi connectivity index (χ0n) is 19.1.